The Balaban J connectivity index is 1.43. The van der Waals surface area contributed by atoms with Gasteiger partial charge in [0.2, 0.25) is 11.8 Å². The average Bonchev–Trinajstić information content (AvgIpc) is 3.07. The van der Waals surface area contributed by atoms with Gasteiger partial charge in [-0.2, -0.15) is 4.98 Å². The summed E-state index contributed by atoms with van der Waals surface area (Å²) < 4.78 is 10.3. The number of aryl methyl sites for hydroxylation is 1. The molecule has 0 unspecified atom stereocenters. The van der Waals surface area contributed by atoms with Gasteiger partial charge >= 0.3 is 0 Å². The molecule has 0 spiro atoms. The number of nitrogens with zero attached hydrogens (tertiary/aromatic N) is 4. The highest BCUT2D eigenvalue weighted by atomic mass is 35.5. The number of rotatable bonds is 7. The molecule has 7 nitrogen and oxygen atoms in total. The molecular weight excluding hydrogens is 388 g/mol. The van der Waals surface area contributed by atoms with Crippen LogP contribution in [0.15, 0.2) is 22.7 Å². The van der Waals surface area contributed by atoms with Crippen LogP contribution in [0, 0.1) is 6.92 Å². The minimum atomic E-state index is 0.153. The number of ether oxygens (including phenoxy) is 1. The van der Waals surface area contributed by atoms with Gasteiger partial charge in [0.15, 0.2) is 5.82 Å². The number of benzene rings is 1. The Bertz CT molecular complexity index is 778. The lowest BCUT2D eigenvalue weighted by Gasteiger charge is -2.35. The maximum Gasteiger partial charge on any atom is 0.232 e. The third-order valence-corrected chi connectivity index (χ3v) is 5.54. The molecule has 146 valence electrons. The molecule has 1 amide bonds. The number of carbonyl (C=O) groups is 1. The molecule has 1 aromatic heterocycles. The monoisotopic (exact) mass is 410 g/mol. The minimum absolute atomic E-state index is 0.153. The van der Waals surface area contributed by atoms with Crippen LogP contribution in [0.1, 0.15) is 17.3 Å². The van der Waals surface area contributed by atoms with E-state index in [-0.39, 0.29) is 5.91 Å². The van der Waals surface area contributed by atoms with E-state index < -0.39 is 0 Å². The fraction of sp³-hybridized carbons (Fsp3) is 0.500. The Morgan fingerprint density at radius 1 is 1.33 bits per heavy atom. The van der Waals surface area contributed by atoms with Crippen molar-refractivity contribution in [1.29, 1.82) is 0 Å². The Hall–Kier alpha value is -1.77. The fourth-order valence-electron chi connectivity index (χ4n) is 2.99. The van der Waals surface area contributed by atoms with E-state index in [1.165, 1.54) is 11.8 Å². The van der Waals surface area contributed by atoms with Crippen LogP contribution >= 0.6 is 23.4 Å². The largest absolute Gasteiger partial charge is 0.496 e. The van der Waals surface area contributed by atoms with Crippen LogP contribution in [0.3, 0.4) is 0 Å². The molecule has 0 bridgehead atoms. The first-order valence-electron chi connectivity index (χ1n) is 8.74. The van der Waals surface area contributed by atoms with Crippen LogP contribution in [0.4, 0.5) is 0 Å². The summed E-state index contributed by atoms with van der Waals surface area (Å²) in [6, 6.07) is 5.65. The van der Waals surface area contributed by atoms with E-state index in [0.717, 1.165) is 44.0 Å². The number of thioether (sulfide) groups is 1. The molecule has 2 aromatic rings. The van der Waals surface area contributed by atoms with Crippen molar-refractivity contribution in [2.24, 2.45) is 0 Å². The van der Waals surface area contributed by atoms with Gasteiger partial charge in [0.25, 0.3) is 0 Å². The molecule has 1 aromatic carbocycles. The number of methoxy groups -OCH3 is 1. The standard InChI is InChI=1S/C18H23ClN4O3S/c1-13-20-17(21-26-13)11-27-12-18(24)23-7-5-22(6-8-23)10-14-9-15(19)3-4-16(14)25-2/h3-4,9H,5-8,10-12H2,1-2H3. The number of carbonyl (C=O) groups excluding carboxylic acids is 1. The van der Waals surface area contributed by atoms with Crippen LogP contribution in [0.2, 0.25) is 5.02 Å². The van der Waals surface area contributed by atoms with Crippen LogP contribution < -0.4 is 4.74 Å². The maximum atomic E-state index is 12.4. The molecule has 3 rings (SSSR count). The van der Waals surface area contributed by atoms with Gasteiger partial charge in [-0.25, -0.2) is 0 Å². The van der Waals surface area contributed by atoms with Crippen LogP contribution in [-0.4, -0.2) is 64.9 Å². The lowest BCUT2D eigenvalue weighted by molar-refractivity contribution is -0.130. The molecule has 1 fully saturated rings. The number of hydrogen-bond donors (Lipinski definition) is 0. The highest BCUT2D eigenvalue weighted by molar-refractivity contribution is 7.99. The highest BCUT2D eigenvalue weighted by Crippen LogP contribution is 2.24. The molecule has 0 N–H and O–H groups in total. The van der Waals surface area contributed by atoms with Crippen molar-refractivity contribution in [2.45, 2.75) is 19.2 Å². The number of aromatic nitrogens is 2. The Kier molecular flexibility index (Phi) is 6.98. The maximum absolute atomic E-state index is 12.4. The van der Waals surface area contributed by atoms with E-state index >= 15 is 0 Å². The van der Waals surface area contributed by atoms with Crippen molar-refractivity contribution in [3.8, 4) is 5.75 Å². The first-order valence-corrected chi connectivity index (χ1v) is 10.3. The molecule has 0 radical (unpaired) electrons. The molecule has 0 saturated carbocycles. The predicted octanol–water partition coefficient (Wildman–Crippen LogP) is 2.62. The van der Waals surface area contributed by atoms with E-state index in [2.05, 4.69) is 15.0 Å². The quantitative estimate of drug-likeness (QED) is 0.694. The third-order valence-electron chi connectivity index (χ3n) is 4.39. The number of hydrogen-bond acceptors (Lipinski definition) is 7. The van der Waals surface area contributed by atoms with Gasteiger partial charge in [-0.1, -0.05) is 16.8 Å². The lowest BCUT2D eigenvalue weighted by Crippen LogP contribution is -2.48. The van der Waals surface area contributed by atoms with E-state index in [0.29, 0.717) is 28.2 Å². The van der Waals surface area contributed by atoms with Crippen molar-refractivity contribution in [1.82, 2.24) is 19.9 Å². The molecule has 2 heterocycles. The van der Waals surface area contributed by atoms with E-state index in [9.17, 15) is 4.79 Å². The van der Waals surface area contributed by atoms with E-state index in [4.69, 9.17) is 20.9 Å². The summed E-state index contributed by atoms with van der Waals surface area (Å²) >= 11 is 7.62. The summed E-state index contributed by atoms with van der Waals surface area (Å²) in [6.07, 6.45) is 0. The second-order valence-electron chi connectivity index (χ2n) is 6.34. The molecule has 0 aliphatic carbocycles. The smallest absolute Gasteiger partial charge is 0.232 e. The summed E-state index contributed by atoms with van der Waals surface area (Å²) in [6.45, 7) is 5.63. The zero-order valence-electron chi connectivity index (χ0n) is 15.5. The number of amides is 1. The van der Waals surface area contributed by atoms with Crippen molar-refractivity contribution >= 4 is 29.3 Å². The van der Waals surface area contributed by atoms with Crippen molar-refractivity contribution in [3.05, 3.63) is 40.5 Å². The van der Waals surface area contributed by atoms with E-state index in [1.54, 1.807) is 14.0 Å². The second-order valence-corrected chi connectivity index (χ2v) is 7.76. The Morgan fingerprint density at radius 3 is 2.78 bits per heavy atom. The number of piperazine rings is 1. The zero-order chi connectivity index (χ0) is 19.2. The highest BCUT2D eigenvalue weighted by Gasteiger charge is 2.22. The van der Waals surface area contributed by atoms with Crippen molar-refractivity contribution < 1.29 is 14.1 Å². The molecule has 1 aliphatic rings. The second kappa shape index (κ2) is 9.43. The molecule has 1 saturated heterocycles. The fourth-order valence-corrected chi connectivity index (χ4v) is 3.94. The minimum Gasteiger partial charge on any atom is -0.496 e. The Morgan fingerprint density at radius 2 is 2.11 bits per heavy atom. The van der Waals surface area contributed by atoms with Crippen molar-refractivity contribution in [3.63, 3.8) is 0 Å². The summed E-state index contributed by atoms with van der Waals surface area (Å²) in [7, 11) is 1.66. The lowest BCUT2D eigenvalue weighted by atomic mass is 10.1. The summed E-state index contributed by atoms with van der Waals surface area (Å²) in [5, 5.41) is 4.54. The van der Waals surface area contributed by atoms with Gasteiger partial charge in [0.1, 0.15) is 5.75 Å². The Labute approximate surface area is 168 Å². The van der Waals surface area contributed by atoms with Gasteiger partial charge in [0, 0.05) is 50.2 Å². The molecule has 9 heteroatoms. The van der Waals surface area contributed by atoms with Gasteiger partial charge < -0.3 is 14.2 Å². The molecule has 0 atom stereocenters. The molecule has 1 aliphatic heterocycles. The van der Waals surface area contributed by atoms with Gasteiger partial charge in [-0.3, -0.25) is 9.69 Å². The van der Waals surface area contributed by atoms with Crippen LogP contribution in [0.5, 0.6) is 5.75 Å². The van der Waals surface area contributed by atoms with Gasteiger partial charge in [-0.05, 0) is 18.2 Å². The van der Waals surface area contributed by atoms with Crippen LogP contribution in [-0.2, 0) is 17.1 Å². The van der Waals surface area contributed by atoms with Crippen molar-refractivity contribution in [2.75, 3.05) is 39.0 Å². The summed E-state index contributed by atoms with van der Waals surface area (Å²) in [5.41, 5.74) is 1.07. The number of halogens is 1. The average molecular weight is 411 g/mol. The molecule has 27 heavy (non-hydrogen) atoms. The first kappa shape index (κ1) is 20.0. The van der Waals surface area contributed by atoms with Gasteiger partial charge in [0.05, 0.1) is 18.6 Å². The predicted molar refractivity (Wildman–Crippen MR) is 105 cm³/mol. The normalized spacial score (nSPS) is 15.1. The SMILES string of the molecule is COc1ccc(Cl)cc1CN1CCN(C(=O)CSCc2noc(C)n2)CC1. The molecular formula is C18H23ClN4O3S. The summed E-state index contributed by atoms with van der Waals surface area (Å²) in [4.78, 5) is 20.8. The first-order chi connectivity index (χ1) is 13.0. The topological polar surface area (TPSA) is 71.7 Å². The van der Waals surface area contributed by atoms with E-state index in [1.807, 2.05) is 23.1 Å². The third kappa shape index (κ3) is 5.60. The van der Waals surface area contributed by atoms with Gasteiger partial charge in [-0.15, -0.1) is 11.8 Å². The zero-order valence-corrected chi connectivity index (χ0v) is 17.1. The van der Waals surface area contributed by atoms with Crippen LogP contribution in [0.25, 0.3) is 0 Å². The summed E-state index contributed by atoms with van der Waals surface area (Å²) in [5.74, 6) is 3.18.